The van der Waals surface area contributed by atoms with Crippen LogP contribution < -0.4 is 0 Å². The maximum atomic E-state index is 11.6. The highest BCUT2D eigenvalue weighted by molar-refractivity contribution is 5.77. The van der Waals surface area contributed by atoms with Crippen molar-refractivity contribution in [1.29, 1.82) is 0 Å². The molecule has 1 N–H and O–H groups in total. The summed E-state index contributed by atoms with van der Waals surface area (Å²) >= 11 is 0. The standard InChI is InChI=1S/C24H46O4.C10H20O2/c1-3-5-7-9-11-13-15-17-21-27-23(25)19-20-24(26)28-22-18-16-14-12-10-8-6-4-2;1-2-3-4-5-6-7-8-9-10(11)12/h3-22H2,1-2H3;2-9H2,1H3,(H,11,12). The molecule has 0 aromatic heterocycles. The lowest BCUT2D eigenvalue weighted by atomic mass is 10.1. The molecule has 0 aliphatic rings. The minimum Gasteiger partial charge on any atom is -0.481 e. The van der Waals surface area contributed by atoms with E-state index in [0.29, 0.717) is 19.6 Å². The van der Waals surface area contributed by atoms with Crippen molar-refractivity contribution in [3.05, 3.63) is 0 Å². The van der Waals surface area contributed by atoms with Gasteiger partial charge >= 0.3 is 17.9 Å². The molecule has 0 spiro atoms. The van der Waals surface area contributed by atoms with Crippen LogP contribution in [0.15, 0.2) is 0 Å². The summed E-state index contributed by atoms with van der Waals surface area (Å²) < 4.78 is 10.4. The fourth-order valence-corrected chi connectivity index (χ4v) is 4.43. The second kappa shape index (κ2) is 35.4. The van der Waals surface area contributed by atoms with Crippen molar-refractivity contribution in [2.24, 2.45) is 0 Å². The predicted octanol–water partition coefficient (Wildman–Crippen LogP) is 10.3. The first-order valence-electron chi connectivity index (χ1n) is 17.0. The molecule has 0 aliphatic heterocycles. The van der Waals surface area contributed by atoms with Crippen molar-refractivity contribution in [2.75, 3.05) is 13.2 Å². The van der Waals surface area contributed by atoms with Crippen LogP contribution >= 0.6 is 0 Å². The van der Waals surface area contributed by atoms with E-state index >= 15 is 0 Å². The number of rotatable bonds is 29. The lowest BCUT2D eigenvalue weighted by Gasteiger charge is -2.06. The molecule has 0 rings (SSSR count). The van der Waals surface area contributed by atoms with Crippen molar-refractivity contribution in [3.8, 4) is 0 Å². The van der Waals surface area contributed by atoms with E-state index in [1.54, 1.807) is 0 Å². The molecule has 0 saturated carbocycles. The number of unbranched alkanes of at least 4 members (excludes halogenated alkanes) is 20. The van der Waals surface area contributed by atoms with Crippen LogP contribution in [0, 0.1) is 0 Å². The predicted molar refractivity (Wildman–Crippen MR) is 167 cm³/mol. The zero-order valence-corrected chi connectivity index (χ0v) is 26.8. The van der Waals surface area contributed by atoms with E-state index in [2.05, 4.69) is 20.8 Å². The summed E-state index contributed by atoms with van der Waals surface area (Å²) in [6, 6.07) is 0. The Kier molecular flexibility index (Phi) is 35.9. The first-order chi connectivity index (χ1) is 19.5. The van der Waals surface area contributed by atoms with Gasteiger partial charge in [-0.15, -0.1) is 0 Å². The van der Waals surface area contributed by atoms with Gasteiger partial charge in [-0.3, -0.25) is 14.4 Å². The van der Waals surface area contributed by atoms with Gasteiger partial charge in [0.05, 0.1) is 26.1 Å². The molecular formula is C34H66O6. The molecule has 238 valence electrons. The molecule has 0 radical (unpaired) electrons. The summed E-state index contributed by atoms with van der Waals surface area (Å²) in [6.07, 6.45) is 28.5. The van der Waals surface area contributed by atoms with Crippen molar-refractivity contribution >= 4 is 17.9 Å². The number of ether oxygens (including phenoxy) is 2. The number of carbonyl (C=O) groups is 3. The molecule has 0 bridgehead atoms. The Morgan fingerprint density at radius 3 is 0.975 bits per heavy atom. The topological polar surface area (TPSA) is 89.9 Å². The maximum absolute atomic E-state index is 11.6. The highest BCUT2D eigenvalue weighted by Crippen LogP contribution is 2.10. The average molecular weight is 571 g/mol. The highest BCUT2D eigenvalue weighted by atomic mass is 16.5. The van der Waals surface area contributed by atoms with Gasteiger partial charge in [-0.1, -0.05) is 149 Å². The molecule has 0 fully saturated rings. The molecule has 0 aromatic carbocycles. The second-order valence-electron chi connectivity index (χ2n) is 11.2. The minimum absolute atomic E-state index is 0.132. The highest BCUT2D eigenvalue weighted by Gasteiger charge is 2.09. The van der Waals surface area contributed by atoms with Crippen molar-refractivity contribution in [3.63, 3.8) is 0 Å². The summed E-state index contributed by atoms with van der Waals surface area (Å²) in [7, 11) is 0. The van der Waals surface area contributed by atoms with E-state index in [9.17, 15) is 14.4 Å². The number of hydrogen-bond acceptors (Lipinski definition) is 5. The lowest BCUT2D eigenvalue weighted by Crippen LogP contribution is -2.11. The smallest absolute Gasteiger partial charge is 0.306 e. The molecule has 6 heteroatoms. The van der Waals surface area contributed by atoms with Crippen LogP contribution in [-0.2, 0) is 23.9 Å². The van der Waals surface area contributed by atoms with Crippen LogP contribution in [-0.4, -0.2) is 36.2 Å². The molecule has 0 saturated heterocycles. The second-order valence-corrected chi connectivity index (χ2v) is 11.2. The van der Waals surface area contributed by atoms with Gasteiger partial charge in [-0.25, -0.2) is 0 Å². The Hall–Kier alpha value is -1.59. The maximum Gasteiger partial charge on any atom is 0.306 e. The monoisotopic (exact) mass is 570 g/mol. The van der Waals surface area contributed by atoms with Gasteiger partial charge in [0, 0.05) is 6.42 Å². The largest absolute Gasteiger partial charge is 0.481 e. The third-order valence-electron chi connectivity index (χ3n) is 7.05. The Labute approximate surface area is 247 Å². The molecule has 0 aliphatic carbocycles. The van der Waals surface area contributed by atoms with E-state index in [1.165, 1.54) is 109 Å². The molecule has 6 nitrogen and oxygen atoms in total. The molecule has 0 atom stereocenters. The summed E-state index contributed by atoms with van der Waals surface area (Å²) in [4.78, 5) is 33.4. The Morgan fingerprint density at radius 1 is 0.400 bits per heavy atom. The van der Waals surface area contributed by atoms with E-state index in [-0.39, 0.29) is 24.8 Å². The van der Waals surface area contributed by atoms with Crippen molar-refractivity contribution in [2.45, 2.75) is 188 Å². The van der Waals surface area contributed by atoms with Crippen LogP contribution in [0.4, 0.5) is 0 Å². The number of carboxylic acids is 1. The molecule has 0 aromatic rings. The van der Waals surface area contributed by atoms with Crippen molar-refractivity contribution < 1.29 is 29.0 Å². The quantitative estimate of drug-likeness (QED) is 0.0710. The first-order valence-corrected chi connectivity index (χ1v) is 17.0. The Bertz CT molecular complexity index is 515. The molecule has 0 unspecified atom stereocenters. The van der Waals surface area contributed by atoms with Crippen LogP contribution in [0.3, 0.4) is 0 Å². The summed E-state index contributed by atoms with van der Waals surface area (Å²) in [5, 5.41) is 8.35. The van der Waals surface area contributed by atoms with Gasteiger partial charge in [-0.05, 0) is 19.3 Å². The van der Waals surface area contributed by atoms with Gasteiger partial charge in [0.2, 0.25) is 0 Å². The average Bonchev–Trinajstić information content (AvgIpc) is 2.94. The lowest BCUT2D eigenvalue weighted by molar-refractivity contribution is -0.150. The fraction of sp³-hybridized carbons (Fsp3) is 0.912. The van der Waals surface area contributed by atoms with Crippen LogP contribution in [0.5, 0.6) is 0 Å². The van der Waals surface area contributed by atoms with Gasteiger partial charge in [-0.2, -0.15) is 0 Å². The van der Waals surface area contributed by atoms with Crippen LogP contribution in [0.1, 0.15) is 188 Å². The van der Waals surface area contributed by atoms with E-state index < -0.39 is 5.97 Å². The van der Waals surface area contributed by atoms with Crippen LogP contribution in [0.25, 0.3) is 0 Å². The van der Waals surface area contributed by atoms with E-state index in [1.807, 2.05) is 0 Å². The number of hydrogen-bond donors (Lipinski definition) is 1. The SMILES string of the molecule is CCCCCCCCCC(=O)O.CCCCCCCCCCOC(=O)CCC(=O)OCCCCCCCCCC. The summed E-state index contributed by atoms with van der Waals surface area (Å²) in [6.45, 7) is 7.60. The number of esters is 2. The number of aliphatic carboxylic acids is 1. The first kappa shape index (κ1) is 40.5. The zero-order chi connectivity index (χ0) is 29.9. The number of carbonyl (C=O) groups excluding carboxylic acids is 2. The number of carboxylic acid groups (broad SMARTS) is 1. The molecule has 40 heavy (non-hydrogen) atoms. The summed E-state index contributed by atoms with van der Waals surface area (Å²) in [5.41, 5.74) is 0. The van der Waals surface area contributed by atoms with Gasteiger partial charge in [0.1, 0.15) is 0 Å². The van der Waals surface area contributed by atoms with Gasteiger partial charge in [0.25, 0.3) is 0 Å². The van der Waals surface area contributed by atoms with Gasteiger partial charge in [0.15, 0.2) is 0 Å². The minimum atomic E-state index is -0.663. The van der Waals surface area contributed by atoms with Gasteiger partial charge < -0.3 is 14.6 Å². The molecule has 0 heterocycles. The zero-order valence-electron chi connectivity index (χ0n) is 26.8. The molecular weight excluding hydrogens is 504 g/mol. The third-order valence-corrected chi connectivity index (χ3v) is 7.05. The third kappa shape index (κ3) is 38.6. The van der Waals surface area contributed by atoms with E-state index in [4.69, 9.17) is 14.6 Å². The Morgan fingerprint density at radius 2 is 0.675 bits per heavy atom. The summed E-state index contributed by atoms with van der Waals surface area (Å²) in [5.74, 6) is -1.23. The van der Waals surface area contributed by atoms with Crippen LogP contribution in [0.2, 0.25) is 0 Å². The Balaban J connectivity index is 0. The molecule has 0 amide bonds. The fourth-order valence-electron chi connectivity index (χ4n) is 4.43. The van der Waals surface area contributed by atoms with E-state index in [0.717, 1.165) is 38.5 Å². The normalized spacial score (nSPS) is 10.6. The van der Waals surface area contributed by atoms with Crippen molar-refractivity contribution in [1.82, 2.24) is 0 Å².